The molecule has 1 aliphatic rings. The third-order valence-electron chi connectivity index (χ3n) is 4.55. The molecule has 0 aromatic carbocycles. The first-order valence-electron chi connectivity index (χ1n) is 10.6. The molecule has 0 aromatic heterocycles. The summed E-state index contributed by atoms with van der Waals surface area (Å²) in [5.41, 5.74) is -0.681. The topological polar surface area (TPSA) is 118 Å². The highest BCUT2D eigenvalue weighted by molar-refractivity contribution is 5.92. The van der Waals surface area contributed by atoms with E-state index >= 15 is 0 Å². The Morgan fingerprint density at radius 2 is 1.19 bits per heavy atom. The van der Waals surface area contributed by atoms with Crippen LogP contribution in [0.5, 0.6) is 0 Å². The van der Waals surface area contributed by atoms with Gasteiger partial charge in [-0.05, 0) is 26.8 Å². The summed E-state index contributed by atoms with van der Waals surface area (Å²) in [5.74, 6) is -2.68. The molecule has 0 unspecified atom stereocenters. The monoisotopic (exact) mass is 455 g/mol. The SMILES string of the molecule is CCOC(=O)/C=C/C(=O)OCC(C)(CCN1CCOCC1)COC(=O)/C=C/C(=O)OCC. The molecule has 10 heteroatoms. The highest BCUT2D eigenvalue weighted by Gasteiger charge is 2.29. The molecule has 32 heavy (non-hydrogen) atoms. The van der Waals surface area contributed by atoms with Crippen LogP contribution in [-0.2, 0) is 42.9 Å². The first kappa shape index (κ1) is 27.3. The van der Waals surface area contributed by atoms with Crippen molar-refractivity contribution in [1.29, 1.82) is 0 Å². The number of esters is 4. The van der Waals surface area contributed by atoms with Crippen LogP contribution in [0.1, 0.15) is 27.2 Å². The largest absolute Gasteiger partial charge is 0.463 e. The summed E-state index contributed by atoms with van der Waals surface area (Å²) >= 11 is 0. The van der Waals surface area contributed by atoms with Crippen LogP contribution in [0.15, 0.2) is 24.3 Å². The number of hydrogen-bond donors (Lipinski definition) is 0. The lowest BCUT2D eigenvalue weighted by atomic mass is 9.88. The molecule has 1 rings (SSSR count). The Morgan fingerprint density at radius 3 is 1.59 bits per heavy atom. The zero-order valence-corrected chi connectivity index (χ0v) is 19.0. The van der Waals surface area contributed by atoms with E-state index in [2.05, 4.69) is 4.90 Å². The van der Waals surface area contributed by atoms with Crippen molar-refractivity contribution < 1.29 is 42.9 Å². The molecule has 1 aliphatic heterocycles. The Morgan fingerprint density at radius 1 is 0.781 bits per heavy atom. The van der Waals surface area contributed by atoms with Gasteiger partial charge in [0.25, 0.3) is 0 Å². The van der Waals surface area contributed by atoms with Crippen molar-refractivity contribution in [2.24, 2.45) is 5.41 Å². The molecule has 10 nitrogen and oxygen atoms in total. The van der Waals surface area contributed by atoms with Crippen LogP contribution < -0.4 is 0 Å². The zero-order chi connectivity index (χ0) is 23.8. The standard InChI is InChI=1S/C22H33NO9/c1-4-29-18(24)6-8-20(26)31-16-22(3,10-11-23-12-14-28-15-13-23)17-32-21(27)9-7-19(25)30-5-2/h6-9H,4-5,10-17H2,1-3H3/b8-6+,9-7+. The van der Waals surface area contributed by atoms with Crippen LogP contribution >= 0.6 is 0 Å². The first-order chi connectivity index (χ1) is 15.3. The molecule has 0 atom stereocenters. The van der Waals surface area contributed by atoms with Gasteiger partial charge in [-0.25, -0.2) is 19.2 Å². The molecule has 0 aromatic rings. The molecule has 0 aliphatic carbocycles. The summed E-state index contributed by atoms with van der Waals surface area (Å²) < 4.78 is 25.3. The van der Waals surface area contributed by atoms with E-state index in [1.807, 2.05) is 6.92 Å². The molecule has 1 fully saturated rings. The van der Waals surface area contributed by atoms with Crippen molar-refractivity contribution in [3.8, 4) is 0 Å². The second-order valence-corrected chi connectivity index (χ2v) is 7.40. The minimum atomic E-state index is -0.704. The maximum absolute atomic E-state index is 12.0. The van der Waals surface area contributed by atoms with E-state index in [1.54, 1.807) is 13.8 Å². The molecule has 0 bridgehead atoms. The first-order valence-corrected chi connectivity index (χ1v) is 10.6. The lowest BCUT2D eigenvalue weighted by Crippen LogP contribution is -2.40. The van der Waals surface area contributed by atoms with Gasteiger partial charge in [0.05, 0.1) is 26.4 Å². The quantitative estimate of drug-likeness (QED) is 0.226. The number of hydrogen-bond acceptors (Lipinski definition) is 10. The number of morpholine rings is 1. The Hall–Kier alpha value is -2.72. The van der Waals surface area contributed by atoms with Crippen LogP contribution in [0.2, 0.25) is 0 Å². The molecule has 0 radical (unpaired) electrons. The van der Waals surface area contributed by atoms with Gasteiger partial charge in [-0.15, -0.1) is 0 Å². The summed E-state index contributed by atoms with van der Waals surface area (Å²) in [4.78, 5) is 48.8. The van der Waals surface area contributed by atoms with Gasteiger partial charge in [-0.3, -0.25) is 4.90 Å². The molecule has 0 amide bonds. The van der Waals surface area contributed by atoms with Gasteiger partial charge in [0.1, 0.15) is 13.2 Å². The summed E-state index contributed by atoms with van der Waals surface area (Å²) in [7, 11) is 0. The van der Waals surface area contributed by atoms with E-state index in [0.29, 0.717) is 26.2 Å². The van der Waals surface area contributed by atoms with Gasteiger partial charge >= 0.3 is 23.9 Å². The Labute approximate surface area is 188 Å². The second-order valence-electron chi connectivity index (χ2n) is 7.40. The fraction of sp³-hybridized carbons (Fsp3) is 0.636. The third-order valence-corrected chi connectivity index (χ3v) is 4.55. The molecule has 0 N–H and O–H groups in total. The maximum atomic E-state index is 12.0. The second kappa shape index (κ2) is 15.1. The summed E-state index contributed by atoms with van der Waals surface area (Å²) in [6, 6.07) is 0. The van der Waals surface area contributed by atoms with E-state index in [-0.39, 0.29) is 26.4 Å². The third kappa shape index (κ3) is 12.2. The van der Waals surface area contributed by atoms with Crippen molar-refractivity contribution in [3.05, 3.63) is 24.3 Å². The van der Waals surface area contributed by atoms with E-state index < -0.39 is 29.3 Å². The van der Waals surface area contributed by atoms with Crippen LogP contribution in [0, 0.1) is 5.41 Å². The van der Waals surface area contributed by atoms with Gasteiger partial charge in [0.15, 0.2) is 0 Å². The van der Waals surface area contributed by atoms with Crippen LogP contribution in [0.4, 0.5) is 0 Å². The molecule has 0 saturated carbocycles. The molecule has 1 heterocycles. The number of nitrogens with zero attached hydrogens (tertiary/aromatic N) is 1. The van der Waals surface area contributed by atoms with Gasteiger partial charge < -0.3 is 23.7 Å². The van der Waals surface area contributed by atoms with Gasteiger partial charge in [0, 0.05) is 42.8 Å². The number of rotatable bonds is 13. The molecule has 0 spiro atoms. The summed E-state index contributed by atoms with van der Waals surface area (Å²) in [5, 5.41) is 0. The number of ether oxygens (including phenoxy) is 5. The van der Waals surface area contributed by atoms with E-state index in [9.17, 15) is 19.2 Å². The Kier molecular flexibility index (Phi) is 12.9. The van der Waals surface area contributed by atoms with E-state index in [1.165, 1.54) is 0 Å². The van der Waals surface area contributed by atoms with Crippen LogP contribution in [0.3, 0.4) is 0 Å². The maximum Gasteiger partial charge on any atom is 0.331 e. The van der Waals surface area contributed by atoms with Crippen molar-refractivity contribution >= 4 is 23.9 Å². The average Bonchev–Trinajstić information content (AvgIpc) is 2.79. The molecule has 1 saturated heterocycles. The zero-order valence-electron chi connectivity index (χ0n) is 19.0. The van der Waals surface area contributed by atoms with Gasteiger partial charge in [-0.1, -0.05) is 6.92 Å². The summed E-state index contributed by atoms with van der Waals surface area (Å²) in [6.07, 6.45) is 4.56. The smallest absolute Gasteiger partial charge is 0.331 e. The van der Waals surface area contributed by atoms with E-state index in [4.69, 9.17) is 23.7 Å². The fourth-order valence-electron chi connectivity index (χ4n) is 2.68. The van der Waals surface area contributed by atoms with Gasteiger partial charge in [-0.2, -0.15) is 0 Å². The normalized spacial score (nSPS) is 15.0. The fourth-order valence-corrected chi connectivity index (χ4v) is 2.68. The van der Waals surface area contributed by atoms with Crippen molar-refractivity contribution in [1.82, 2.24) is 4.90 Å². The highest BCUT2D eigenvalue weighted by Crippen LogP contribution is 2.24. The predicted molar refractivity (Wildman–Crippen MR) is 113 cm³/mol. The summed E-state index contributed by atoms with van der Waals surface area (Å²) in [6.45, 7) is 9.08. The lowest BCUT2D eigenvalue weighted by molar-refractivity contribution is -0.148. The van der Waals surface area contributed by atoms with E-state index in [0.717, 1.165) is 37.4 Å². The molecule has 180 valence electrons. The highest BCUT2D eigenvalue weighted by atomic mass is 16.6. The Balaban J connectivity index is 2.66. The van der Waals surface area contributed by atoms with Crippen molar-refractivity contribution in [3.63, 3.8) is 0 Å². The van der Waals surface area contributed by atoms with Crippen LogP contribution in [-0.4, -0.2) is 88.1 Å². The minimum Gasteiger partial charge on any atom is -0.463 e. The number of carbonyl (C=O) groups is 4. The predicted octanol–water partition coefficient (Wildman–Crippen LogP) is 1.04. The lowest BCUT2D eigenvalue weighted by Gasteiger charge is -2.33. The van der Waals surface area contributed by atoms with Crippen LogP contribution in [0.25, 0.3) is 0 Å². The van der Waals surface area contributed by atoms with Crippen molar-refractivity contribution in [2.45, 2.75) is 27.2 Å². The van der Waals surface area contributed by atoms with Crippen molar-refractivity contribution in [2.75, 3.05) is 59.3 Å². The Bertz CT molecular complexity index is 637. The molecular formula is C22H33NO9. The number of carbonyl (C=O) groups excluding carboxylic acids is 4. The average molecular weight is 456 g/mol. The van der Waals surface area contributed by atoms with Gasteiger partial charge in [0.2, 0.25) is 0 Å². The minimum absolute atomic E-state index is 0.0296. The molecular weight excluding hydrogens is 422 g/mol.